The molecule has 2 fully saturated rings. The second-order valence-electron chi connectivity index (χ2n) is 5.56. The summed E-state index contributed by atoms with van der Waals surface area (Å²) in [6.07, 6.45) is 4.74. The first-order chi connectivity index (χ1) is 9.27. The van der Waals surface area contributed by atoms with Gasteiger partial charge in [0.2, 0.25) is 11.8 Å². The molecule has 19 heavy (non-hydrogen) atoms. The fourth-order valence-corrected chi connectivity index (χ4v) is 3.34. The Morgan fingerprint density at radius 1 is 0.947 bits per heavy atom. The van der Waals surface area contributed by atoms with Gasteiger partial charge in [-0.1, -0.05) is 43.2 Å². The normalized spacial score (nSPS) is 26.6. The number of hydrogen-bond acceptors (Lipinski definition) is 2. The number of benzene rings is 1. The average Bonchev–Trinajstić information content (AvgIpc) is 2.71. The van der Waals surface area contributed by atoms with Gasteiger partial charge >= 0.3 is 0 Å². The number of amides is 2. The lowest BCUT2D eigenvalue weighted by molar-refractivity contribution is -0.139. The van der Waals surface area contributed by atoms with Crippen LogP contribution in [0.5, 0.6) is 0 Å². The topological polar surface area (TPSA) is 37.4 Å². The molecule has 3 nitrogen and oxygen atoms in total. The standard InChI is InChI=1S/C16H19NO2/c18-15-13-8-4-5-9-14(13)16(19)17(15)11-10-12-6-2-1-3-7-12/h1-3,6-7,13-14H,4-5,8-11H2/t13-,14-/m0/s1. The van der Waals surface area contributed by atoms with Gasteiger partial charge in [0.15, 0.2) is 0 Å². The van der Waals surface area contributed by atoms with Crippen LogP contribution in [-0.2, 0) is 16.0 Å². The Labute approximate surface area is 113 Å². The summed E-state index contributed by atoms with van der Waals surface area (Å²) < 4.78 is 0. The Bertz CT molecular complexity index is 459. The molecule has 3 heteroatoms. The SMILES string of the molecule is O=C1[C@H]2CCCC[C@@H]2C(=O)N1CCc1ccccc1. The predicted molar refractivity (Wildman–Crippen MR) is 72.3 cm³/mol. The first kappa shape index (κ1) is 12.4. The fraction of sp³-hybridized carbons (Fsp3) is 0.500. The zero-order valence-corrected chi connectivity index (χ0v) is 11.0. The fourth-order valence-electron chi connectivity index (χ4n) is 3.34. The van der Waals surface area contributed by atoms with Crippen molar-refractivity contribution in [2.75, 3.05) is 6.54 Å². The van der Waals surface area contributed by atoms with Crippen molar-refractivity contribution in [1.82, 2.24) is 4.90 Å². The molecule has 100 valence electrons. The van der Waals surface area contributed by atoms with E-state index >= 15 is 0 Å². The van der Waals surface area contributed by atoms with Crippen LogP contribution in [0.3, 0.4) is 0 Å². The van der Waals surface area contributed by atoms with Gasteiger partial charge in [-0.15, -0.1) is 0 Å². The maximum absolute atomic E-state index is 12.3. The van der Waals surface area contributed by atoms with E-state index < -0.39 is 0 Å². The van der Waals surface area contributed by atoms with Gasteiger partial charge < -0.3 is 0 Å². The van der Waals surface area contributed by atoms with Crippen LogP contribution in [-0.4, -0.2) is 23.3 Å². The zero-order chi connectivity index (χ0) is 13.2. The summed E-state index contributed by atoms with van der Waals surface area (Å²) in [5.41, 5.74) is 1.18. The van der Waals surface area contributed by atoms with Crippen LogP contribution in [0.2, 0.25) is 0 Å². The van der Waals surface area contributed by atoms with E-state index in [-0.39, 0.29) is 23.7 Å². The number of carbonyl (C=O) groups is 2. The molecule has 1 aliphatic carbocycles. The van der Waals surface area contributed by atoms with Crippen molar-refractivity contribution in [1.29, 1.82) is 0 Å². The monoisotopic (exact) mass is 257 g/mol. The third kappa shape index (κ3) is 2.29. The average molecular weight is 257 g/mol. The van der Waals surface area contributed by atoms with Crippen LogP contribution >= 0.6 is 0 Å². The lowest BCUT2D eigenvalue weighted by atomic mass is 9.81. The maximum Gasteiger partial charge on any atom is 0.233 e. The van der Waals surface area contributed by atoms with Gasteiger partial charge in [-0.05, 0) is 24.8 Å². The first-order valence-electron chi connectivity index (χ1n) is 7.16. The number of nitrogens with zero attached hydrogens (tertiary/aromatic N) is 1. The number of likely N-dealkylation sites (tertiary alicyclic amines) is 1. The molecular formula is C16H19NO2. The van der Waals surface area contributed by atoms with Gasteiger partial charge in [0.25, 0.3) is 0 Å². The lowest BCUT2D eigenvalue weighted by Gasteiger charge is -2.19. The van der Waals surface area contributed by atoms with Crippen LogP contribution in [0, 0.1) is 11.8 Å². The molecule has 3 rings (SSSR count). The smallest absolute Gasteiger partial charge is 0.233 e. The highest BCUT2D eigenvalue weighted by atomic mass is 16.2. The van der Waals surface area contributed by atoms with Crippen LogP contribution in [0.15, 0.2) is 30.3 Å². The number of imide groups is 1. The number of fused-ring (bicyclic) bond motifs is 1. The predicted octanol–water partition coefficient (Wildman–Crippen LogP) is 2.40. The molecule has 1 heterocycles. The summed E-state index contributed by atoms with van der Waals surface area (Å²) in [6.45, 7) is 0.536. The highest BCUT2D eigenvalue weighted by molar-refractivity contribution is 6.05. The van der Waals surface area contributed by atoms with Crippen LogP contribution in [0.1, 0.15) is 31.2 Å². The van der Waals surface area contributed by atoms with Gasteiger partial charge in [0, 0.05) is 6.54 Å². The largest absolute Gasteiger partial charge is 0.282 e. The molecule has 1 aromatic rings. The van der Waals surface area contributed by atoms with Crippen molar-refractivity contribution in [3.63, 3.8) is 0 Å². The van der Waals surface area contributed by atoms with E-state index in [0.29, 0.717) is 6.54 Å². The molecule has 0 unspecified atom stereocenters. The summed E-state index contributed by atoms with van der Waals surface area (Å²) in [6, 6.07) is 10.0. The minimum Gasteiger partial charge on any atom is -0.282 e. The van der Waals surface area contributed by atoms with Crippen LogP contribution < -0.4 is 0 Å². The van der Waals surface area contributed by atoms with Crippen molar-refractivity contribution in [3.8, 4) is 0 Å². The van der Waals surface area contributed by atoms with Crippen LogP contribution in [0.4, 0.5) is 0 Å². The molecule has 0 bridgehead atoms. The maximum atomic E-state index is 12.3. The number of carbonyl (C=O) groups excluding carboxylic acids is 2. The van der Waals surface area contributed by atoms with E-state index in [2.05, 4.69) is 0 Å². The Morgan fingerprint density at radius 3 is 2.11 bits per heavy atom. The van der Waals surface area contributed by atoms with Crippen molar-refractivity contribution in [2.45, 2.75) is 32.1 Å². The lowest BCUT2D eigenvalue weighted by Crippen LogP contribution is -2.33. The molecule has 1 saturated carbocycles. The second kappa shape index (κ2) is 5.16. The van der Waals surface area contributed by atoms with Gasteiger partial charge in [-0.2, -0.15) is 0 Å². The molecule has 1 aliphatic heterocycles. The summed E-state index contributed by atoms with van der Waals surface area (Å²) >= 11 is 0. The highest BCUT2D eigenvalue weighted by Gasteiger charge is 2.47. The Morgan fingerprint density at radius 2 is 1.53 bits per heavy atom. The molecule has 2 amide bonds. The van der Waals surface area contributed by atoms with Crippen molar-refractivity contribution in [3.05, 3.63) is 35.9 Å². The van der Waals surface area contributed by atoms with E-state index in [1.165, 1.54) is 10.5 Å². The number of rotatable bonds is 3. The van der Waals surface area contributed by atoms with E-state index in [9.17, 15) is 9.59 Å². The molecule has 2 aliphatic rings. The van der Waals surface area contributed by atoms with Crippen molar-refractivity contribution >= 4 is 11.8 Å². The molecule has 0 N–H and O–H groups in total. The Balaban J connectivity index is 1.68. The molecule has 1 saturated heterocycles. The number of hydrogen-bond donors (Lipinski definition) is 0. The van der Waals surface area contributed by atoms with Crippen molar-refractivity contribution in [2.24, 2.45) is 11.8 Å². The molecule has 0 aromatic heterocycles. The van der Waals surface area contributed by atoms with Gasteiger partial charge in [-0.25, -0.2) is 0 Å². The van der Waals surface area contributed by atoms with Gasteiger partial charge in [0.1, 0.15) is 0 Å². The third-order valence-corrected chi connectivity index (χ3v) is 4.40. The summed E-state index contributed by atoms with van der Waals surface area (Å²) in [5.74, 6) is 0.116. The summed E-state index contributed by atoms with van der Waals surface area (Å²) in [4.78, 5) is 26.1. The van der Waals surface area contributed by atoms with E-state index in [0.717, 1.165) is 32.1 Å². The Kier molecular flexibility index (Phi) is 3.36. The van der Waals surface area contributed by atoms with E-state index in [1.54, 1.807) is 0 Å². The second-order valence-corrected chi connectivity index (χ2v) is 5.56. The zero-order valence-electron chi connectivity index (χ0n) is 11.0. The first-order valence-corrected chi connectivity index (χ1v) is 7.16. The molecule has 0 radical (unpaired) electrons. The Hall–Kier alpha value is -1.64. The molecular weight excluding hydrogens is 238 g/mol. The van der Waals surface area contributed by atoms with Gasteiger partial charge in [0.05, 0.1) is 11.8 Å². The minimum atomic E-state index is -0.0166. The summed E-state index contributed by atoms with van der Waals surface area (Å²) in [7, 11) is 0. The third-order valence-electron chi connectivity index (χ3n) is 4.40. The highest BCUT2D eigenvalue weighted by Crippen LogP contribution is 2.37. The quantitative estimate of drug-likeness (QED) is 0.780. The van der Waals surface area contributed by atoms with Crippen LogP contribution in [0.25, 0.3) is 0 Å². The molecule has 1 aromatic carbocycles. The van der Waals surface area contributed by atoms with E-state index in [4.69, 9.17) is 0 Å². The van der Waals surface area contributed by atoms with Gasteiger partial charge in [-0.3, -0.25) is 14.5 Å². The minimum absolute atomic E-state index is 0.0166. The van der Waals surface area contributed by atoms with E-state index in [1.807, 2.05) is 30.3 Å². The van der Waals surface area contributed by atoms with Crippen molar-refractivity contribution < 1.29 is 9.59 Å². The molecule has 0 spiro atoms. The summed E-state index contributed by atoms with van der Waals surface area (Å²) in [5, 5.41) is 0. The molecule has 2 atom stereocenters.